The first kappa shape index (κ1) is 18.1. The minimum absolute atomic E-state index is 0.0189. The predicted molar refractivity (Wildman–Crippen MR) is 89.8 cm³/mol. The first-order valence-corrected chi connectivity index (χ1v) is 7.85. The number of hydrogen-bond acceptors (Lipinski definition) is 4. The van der Waals surface area contributed by atoms with Crippen LogP contribution >= 0.6 is 0 Å². The molecule has 0 unspecified atom stereocenters. The van der Waals surface area contributed by atoms with E-state index in [1.807, 2.05) is 37.3 Å². The van der Waals surface area contributed by atoms with E-state index >= 15 is 0 Å². The number of nitrogens with one attached hydrogen (secondary N) is 1. The maximum atomic E-state index is 13.1. The van der Waals surface area contributed by atoms with E-state index in [1.54, 1.807) is 0 Å². The van der Waals surface area contributed by atoms with Crippen LogP contribution in [0.1, 0.15) is 37.1 Å². The molecule has 0 radical (unpaired) electrons. The lowest BCUT2D eigenvalue weighted by atomic mass is 10.0. The first-order valence-electron chi connectivity index (χ1n) is 7.85. The number of carbonyl (C=O) groups is 1. The Balaban J connectivity index is 2.14. The molecule has 2 rings (SSSR count). The molecule has 0 fully saturated rings. The number of hydrogen-bond donors (Lipinski definition) is 2. The van der Waals surface area contributed by atoms with E-state index in [9.17, 15) is 14.3 Å². The van der Waals surface area contributed by atoms with Gasteiger partial charge in [0.25, 0.3) is 0 Å². The van der Waals surface area contributed by atoms with E-state index in [-0.39, 0.29) is 18.5 Å². The number of benzene rings is 2. The molecule has 0 spiro atoms. The van der Waals surface area contributed by atoms with Crippen LogP contribution in [-0.2, 0) is 9.53 Å². The largest absolute Gasteiger partial charge is 0.464 e. The highest BCUT2D eigenvalue weighted by Gasteiger charge is 2.24. The zero-order valence-electron chi connectivity index (χ0n) is 13.8. The van der Waals surface area contributed by atoms with Crippen molar-refractivity contribution in [3.63, 3.8) is 0 Å². The Morgan fingerprint density at radius 1 is 1.12 bits per heavy atom. The van der Waals surface area contributed by atoms with Gasteiger partial charge in [-0.1, -0.05) is 42.5 Å². The van der Waals surface area contributed by atoms with Crippen LogP contribution in [0.2, 0.25) is 0 Å². The van der Waals surface area contributed by atoms with Crippen molar-refractivity contribution in [2.45, 2.75) is 32.0 Å². The Hall–Kier alpha value is -2.24. The van der Waals surface area contributed by atoms with Gasteiger partial charge >= 0.3 is 5.97 Å². The van der Waals surface area contributed by atoms with Crippen LogP contribution in [0.4, 0.5) is 4.39 Å². The van der Waals surface area contributed by atoms with Gasteiger partial charge in [-0.05, 0) is 30.2 Å². The monoisotopic (exact) mass is 331 g/mol. The van der Waals surface area contributed by atoms with Crippen molar-refractivity contribution in [2.24, 2.45) is 0 Å². The highest BCUT2D eigenvalue weighted by atomic mass is 19.1. The lowest BCUT2D eigenvalue weighted by Crippen LogP contribution is -2.40. The molecule has 4 nitrogen and oxygen atoms in total. The molecule has 0 saturated carbocycles. The van der Waals surface area contributed by atoms with Crippen molar-refractivity contribution >= 4 is 5.97 Å². The smallest absolute Gasteiger partial charge is 0.302 e. The van der Waals surface area contributed by atoms with Crippen LogP contribution < -0.4 is 5.32 Å². The number of esters is 1. The summed E-state index contributed by atoms with van der Waals surface area (Å²) in [6.45, 7) is 3.31. The SMILES string of the molecule is CC(=O)OC[C@H](N[C@H](C)c1ccccc1)[C@@H](O)c1ccc(F)cc1. The van der Waals surface area contributed by atoms with E-state index in [0.29, 0.717) is 5.56 Å². The fourth-order valence-corrected chi connectivity index (χ4v) is 2.49. The Labute approximate surface area is 141 Å². The number of aliphatic hydroxyl groups is 1. The average molecular weight is 331 g/mol. The van der Waals surface area contributed by atoms with Crippen LogP contribution in [0.3, 0.4) is 0 Å². The molecule has 0 aliphatic heterocycles. The summed E-state index contributed by atoms with van der Waals surface area (Å²) in [4.78, 5) is 11.1. The molecule has 2 N–H and O–H groups in total. The lowest BCUT2D eigenvalue weighted by Gasteiger charge is -2.27. The molecular formula is C19H22FNO3. The molecule has 0 saturated heterocycles. The summed E-state index contributed by atoms with van der Waals surface area (Å²) in [5.74, 6) is -0.784. The van der Waals surface area contributed by atoms with E-state index in [2.05, 4.69) is 5.32 Å². The molecule has 0 heterocycles. The van der Waals surface area contributed by atoms with E-state index < -0.39 is 18.1 Å². The maximum Gasteiger partial charge on any atom is 0.302 e. The number of rotatable bonds is 7. The summed E-state index contributed by atoms with van der Waals surface area (Å²) in [7, 11) is 0. The van der Waals surface area contributed by atoms with Crippen molar-refractivity contribution < 1.29 is 19.0 Å². The van der Waals surface area contributed by atoms with Gasteiger partial charge in [-0.3, -0.25) is 4.79 Å². The van der Waals surface area contributed by atoms with Gasteiger partial charge in [0.15, 0.2) is 0 Å². The summed E-state index contributed by atoms with van der Waals surface area (Å²) < 4.78 is 18.1. The fraction of sp³-hybridized carbons (Fsp3) is 0.316. The lowest BCUT2D eigenvalue weighted by molar-refractivity contribution is -0.142. The van der Waals surface area contributed by atoms with Gasteiger partial charge in [0.1, 0.15) is 12.4 Å². The van der Waals surface area contributed by atoms with Crippen molar-refractivity contribution in [3.05, 3.63) is 71.5 Å². The quantitative estimate of drug-likeness (QED) is 0.765. The van der Waals surface area contributed by atoms with Gasteiger partial charge in [-0.2, -0.15) is 0 Å². The average Bonchev–Trinajstić information content (AvgIpc) is 2.59. The second-order valence-electron chi connectivity index (χ2n) is 5.70. The molecule has 2 aromatic carbocycles. The van der Waals surface area contributed by atoms with Crippen LogP contribution in [0.25, 0.3) is 0 Å². The summed E-state index contributed by atoms with van der Waals surface area (Å²) in [6.07, 6.45) is -0.934. The standard InChI is InChI=1S/C19H22FNO3/c1-13(15-6-4-3-5-7-15)21-18(12-24-14(2)22)19(23)16-8-10-17(20)11-9-16/h3-11,13,18-19,21,23H,12H2,1-2H3/t13-,18+,19+/m1/s1. The molecule has 128 valence electrons. The first-order chi connectivity index (χ1) is 11.5. The van der Waals surface area contributed by atoms with E-state index in [1.165, 1.54) is 31.2 Å². The molecule has 24 heavy (non-hydrogen) atoms. The van der Waals surface area contributed by atoms with Crippen molar-refractivity contribution in [3.8, 4) is 0 Å². The summed E-state index contributed by atoms with van der Waals surface area (Å²) >= 11 is 0. The highest BCUT2D eigenvalue weighted by Crippen LogP contribution is 2.21. The highest BCUT2D eigenvalue weighted by molar-refractivity contribution is 5.65. The summed E-state index contributed by atoms with van der Waals surface area (Å²) in [5.41, 5.74) is 1.61. The molecule has 0 aromatic heterocycles. The Bertz CT molecular complexity index is 645. The molecule has 3 atom stereocenters. The predicted octanol–water partition coefficient (Wildman–Crippen LogP) is 3.14. The molecule has 0 amide bonds. The fourth-order valence-electron chi connectivity index (χ4n) is 2.49. The Morgan fingerprint density at radius 2 is 1.75 bits per heavy atom. The molecular weight excluding hydrogens is 309 g/mol. The van der Waals surface area contributed by atoms with Gasteiger partial charge in [0.2, 0.25) is 0 Å². The van der Waals surface area contributed by atoms with E-state index in [0.717, 1.165) is 5.56 Å². The van der Waals surface area contributed by atoms with Gasteiger partial charge < -0.3 is 15.2 Å². The van der Waals surface area contributed by atoms with Crippen LogP contribution in [0.15, 0.2) is 54.6 Å². The summed E-state index contributed by atoms with van der Waals surface area (Å²) in [5, 5.41) is 13.9. The van der Waals surface area contributed by atoms with Crippen molar-refractivity contribution in [1.29, 1.82) is 0 Å². The number of carbonyl (C=O) groups excluding carboxylic acids is 1. The Morgan fingerprint density at radius 3 is 2.33 bits per heavy atom. The van der Waals surface area contributed by atoms with Gasteiger partial charge in [-0.25, -0.2) is 4.39 Å². The normalized spacial score (nSPS) is 14.7. The molecule has 0 bridgehead atoms. The zero-order valence-corrected chi connectivity index (χ0v) is 13.8. The number of aliphatic hydroxyl groups excluding tert-OH is 1. The van der Waals surface area contributed by atoms with Gasteiger partial charge in [0.05, 0.1) is 12.1 Å². The third-order valence-electron chi connectivity index (χ3n) is 3.82. The second-order valence-corrected chi connectivity index (χ2v) is 5.70. The van der Waals surface area contributed by atoms with Crippen LogP contribution in [0, 0.1) is 5.82 Å². The topological polar surface area (TPSA) is 58.6 Å². The maximum absolute atomic E-state index is 13.1. The minimum Gasteiger partial charge on any atom is -0.464 e. The van der Waals surface area contributed by atoms with E-state index in [4.69, 9.17) is 4.74 Å². The van der Waals surface area contributed by atoms with Crippen molar-refractivity contribution in [1.82, 2.24) is 5.32 Å². The van der Waals surface area contributed by atoms with Gasteiger partial charge in [0, 0.05) is 13.0 Å². The molecule has 5 heteroatoms. The molecule has 0 aliphatic rings. The van der Waals surface area contributed by atoms with Gasteiger partial charge in [-0.15, -0.1) is 0 Å². The second kappa shape index (κ2) is 8.57. The van der Waals surface area contributed by atoms with Crippen LogP contribution in [-0.4, -0.2) is 23.7 Å². The number of ether oxygens (including phenoxy) is 1. The minimum atomic E-state index is -0.934. The molecule has 2 aromatic rings. The zero-order chi connectivity index (χ0) is 17.5. The molecule has 0 aliphatic carbocycles. The van der Waals surface area contributed by atoms with Crippen LogP contribution in [0.5, 0.6) is 0 Å². The third kappa shape index (κ3) is 5.15. The Kier molecular flexibility index (Phi) is 6.46. The van der Waals surface area contributed by atoms with Crippen molar-refractivity contribution in [2.75, 3.05) is 6.61 Å². The third-order valence-corrected chi connectivity index (χ3v) is 3.82. The summed E-state index contributed by atoms with van der Waals surface area (Å²) in [6, 6.07) is 14.8. The number of halogens is 1.